The van der Waals surface area contributed by atoms with E-state index in [4.69, 9.17) is 39.5 Å². The van der Waals surface area contributed by atoms with E-state index in [1.807, 2.05) is 24.3 Å². The van der Waals surface area contributed by atoms with Gasteiger partial charge in [-0.25, -0.2) is 0 Å². The summed E-state index contributed by atoms with van der Waals surface area (Å²) < 4.78 is 5.73. The third-order valence-corrected chi connectivity index (χ3v) is 4.80. The molecule has 0 heterocycles. The minimum absolute atomic E-state index is 0.0846. The van der Waals surface area contributed by atoms with Crippen molar-refractivity contribution in [3.8, 4) is 11.8 Å². The van der Waals surface area contributed by atoms with E-state index in [9.17, 15) is 10.1 Å². The lowest BCUT2D eigenvalue weighted by atomic mass is 10.1. The molecule has 7 heteroatoms. The second-order valence-electron chi connectivity index (χ2n) is 6.22. The van der Waals surface area contributed by atoms with Gasteiger partial charge in [-0.3, -0.25) is 4.79 Å². The Hall–Kier alpha value is -2.97. The molecule has 0 saturated heterocycles. The van der Waals surface area contributed by atoms with Crippen LogP contribution in [0.15, 0.2) is 72.3 Å². The van der Waals surface area contributed by atoms with E-state index in [0.29, 0.717) is 22.0 Å². The van der Waals surface area contributed by atoms with Gasteiger partial charge in [0.05, 0.1) is 10.0 Å². The minimum Gasteiger partial charge on any atom is -0.486 e. The van der Waals surface area contributed by atoms with Crippen molar-refractivity contribution in [1.82, 2.24) is 0 Å². The molecular weight excluding hydrogens is 443 g/mol. The summed E-state index contributed by atoms with van der Waals surface area (Å²) >= 11 is 18.6. The minimum atomic E-state index is -0.530. The normalized spacial score (nSPS) is 10.9. The molecular formula is C23H15Cl3N2O2. The molecule has 4 nitrogen and oxygen atoms in total. The van der Waals surface area contributed by atoms with Gasteiger partial charge in [0, 0.05) is 10.7 Å². The highest BCUT2D eigenvalue weighted by atomic mass is 35.5. The monoisotopic (exact) mass is 456 g/mol. The van der Waals surface area contributed by atoms with Crippen LogP contribution in [0, 0.1) is 11.3 Å². The number of para-hydroxylation sites is 1. The van der Waals surface area contributed by atoms with Crippen molar-refractivity contribution in [1.29, 1.82) is 5.26 Å². The third kappa shape index (κ3) is 5.77. The van der Waals surface area contributed by atoms with Crippen LogP contribution in [0.2, 0.25) is 15.1 Å². The Morgan fingerprint density at radius 1 is 1.00 bits per heavy atom. The van der Waals surface area contributed by atoms with E-state index in [-0.39, 0.29) is 22.2 Å². The van der Waals surface area contributed by atoms with Crippen LogP contribution in [-0.2, 0) is 11.4 Å². The fraction of sp³-hybridized carbons (Fsp3) is 0.0435. The van der Waals surface area contributed by atoms with E-state index in [2.05, 4.69) is 5.32 Å². The highest BCUT2D eigenvalue weighted by Gasteiger charge is 2.13. The molecule has 1 amide bonds. The highest BCUT2D eigenvalue weighted by Crippen LogP contribution is 2.35. The maximum absolute atomic E-state index is 12.4. The van der Waals surface area contributed by atoms with Crippen molar-refractivity contribution in [3.63, 3.8) is 0 Å². The number of benzene rings is 3. The Balaban J connectivity index is 1.77. The zero-order valence-electron chi connectivity index (χ0n) is 15.5. The molecule has 0 fully saturated rings. The van der Waals surface area contributed by atoms with Gasteiger partial charge in [0.2, 0.25) is 0 Å². The van der Waals surface area contributed by atoms with E-state index < -0.39 is 5.91 Å². The van der Waals surface area contributed by atoms with Crippen LogP contribution in [0.3, 0.4) is 0 Å². The summed E-state index contributed by atoms with van der Waals surface area (Å²) in [6, 6.07) is 21.2. The number of ether oxygens (including phenoxy) is 1. The number of anilines is 1. The van der Waals surface area contributed by atoms with Gasteiger partial charge in [-0.2, -0.15) is 5.26 Å². The summed E-state index contributed by atoms with van der Waals surface area (Å²) in [7, 11) is 0. The van der Waals surface area contributed by atoms with Gasteiger partial charge >= 0.3 is 0 Å². The lowest BCUT2D eigenvalue weighted by molar-refractivity contribution is -0.112. The first-order valence-electron chi connectivity index (χ1n) is 8.81. The number of nitrogens with one attached hydrogen (secondary N) is 1. The van der Waals surface area contributed by atoms with Crippen LogP contribution in [0.5, 0.6) is 5.75 Å². The average Bonchev–Trinajstić information content (AvgIpc) is 2.72. The van der Waals surface area contributed by atoms with Crippen molar-refractivity contribution in [2.75, 3.05) is 5.32 Å². The fourth-order valence-corrected chi connectivity index (χ4v) is 3.44. The zero-order chi connectivity index (χ0) is 21.5. The Morgan fingerprint density at radius 2 is 1.70 bits per heavy atom. The number of carbonyl (C=O) groups is 1. The number of hydrogen-bond donors (Lipinski definition) is 1. The first-order chi connectivity index (χ1) is 14.5. The van der Waals surface area contributed by atoms with Crippen LogP contribution < -0.4 is 10.1 Å². The number of carbonyl (C=O) groups excluding carboxylic acids is 1. The van der Waals surface area contributed by atoms with Crippen molar-refractivity contribution in [2.24, 2.45) is 0 Å². The van der Waals surface area contributed by atoms with Gasteiger partial charge in [0.15, 0.2) is 5.75 Å². The molecule has 30 heavy (non-hydrogen) atoms. The van der Waals surface area contributed by atoms with Crippen LogP contribution >= 0.6 is 34.8 Å². The van der Waals surface area contributed by atoms with Crippen molar-refractivity contribution < 1.29 is 9.53 Å². The van der Waals surface area contributed by atoms with Crippen LogP contribution in [-0.4, -0.2) is 5.91 Å². The first kappa shape index (κ1) is 21.7. The summed E-state index contributed by atoms with van der Waals surface area (Å²) in [5.74, 6) is -0.222. The van der Waals surface area contributed by atoms with Crippen LogP contribution in [0.1, 0.15) is 11.1 Å². The topological polar surface area (TPSA) is 62.1 Å². The summed E-state index contributed by atoms with van der Waals surface area (Å²) in [6.45, 7) is 0.234. The first-order valence-corrected chi connectivity index (χ1v) is 9.94. The number of hydrogen-bond acceptors (Lipinski definition) is 3. The SMILES string of the molecule is N#C/C(=C\c1cc(Cl)c(OCc2cccc(Cl)c2)c(Cl)c1)C(=O)Nc1ccccc1. The standard InChI is InChI=1S/C23H15Cl3N2O2/c24-18-6-4-5-15(10-18)14-30-22-20(25)11-16(12-21(22)26)9-17(13-27)23(29)28-19-7-2-1-3-8-19/h1-12H,14H2,(H,28,29)/b17-9+. The molecule has 0 spiro atoms. The van der Waals surface area contributed by atoms with Gasteiger partial charge in [-0.15, -0.1) is 0 Å². The van der Waals surface area contributed by atoms with Crippen LogP contribution in [0.25, 0.3) is 6.08 Å². The molecule has 0 atom stereocenters. The lowest BCUT2D eigenvalue weighted by Gasteiger charge is -2.11. The van der Waals surface area contributed by atoms with E-state index in [1.165, 1.54) is 6.08 Å². The maximum Gasteiger partial charge on any atom is 0.266 e. The molecule has 3 aromatic carbocycles. The smallest absolute Gasteiger partial charge is 0.266 e. The molecule has 0 bridgehead atoms. The van der Waals surface area contributed by atoms with Crippen molar-refractivity contribution in [2.45, 2.75) is 6.61 Å². The van der Waals surface area contributed by atoms with Crippen molar-refractivity contribution in [3.05, 3.63) is 98.5 Å². The Kier molecular flexibility index (Phi) is 7.37. The summed E-state index contributed by atoms with van der Waals surface area (Å²) in [5.41, 5.74) is 1.87. The largest absolute Gasteiger partial charge is 0.486 e. The number of nitrogens with zero attached hydrogens (tertiary/aromatic N) is 1. The Morgan fingerprint density at radius 3 is 2.33 bits per heavy atom. The lowest BCUT2D eigenvalue weighted by Crippen LogP contribution is -2.13. The van der Waals surface area contributed by atoms with E-state index in [0.717, 1.165) is 5.56 Å². The highest BCUT2D eigenvalue weighted by molar-refractivity contribution is 6.37. The Labute approximate surface area is 189 Å². The number of amides is 1. The molecule has 0 radical (unpaired) electrons. The van der Waals surface area contributed by atoms with Gasteiger partial charge < -0.3 is 10.1 Å². The quantitative estimate of drug-likeness (QED) is 0.328. The fourth-order valence-electron chi connectivity index (χ4n) is 2.62. The number of rotatable bonds is 6. The molecule has 1 N–H and O–H groups in total. The average molecular weight is 458 g/mol. The molecule has 150 valence electrons. The Bertz CT molecular complexity index is 1120. The summed E-state index contributed by atoms with van der Waals surface area (Å²) in [5, 5.41) is 13.2. The molecule has 0 aliphatic heterocycles. The van der Waals surface area contributed by atoms with Gasteiger partial charge in [-0.05, 0) is 53.6 Å². The molecule has 3 rings (SSSR count). The van der Waals surface area contributed by atoms with Gasteiger partial charge in [-0.1, -0.05) is 65.1 Å². The maximum atomic E-state index is 12.4. The zero-order valence-corrected chi connectivity index (χ0v) is 17.8. The second kappa shape index (κ2) is 10.2. The molecule has 0 aliphatic rings. The van der Waals surface area contributed by atoms with Crippen molar-refractivity contribution >= 4 is 52.5 Å². The molecule has 0 unspecified atom stereocenters. The van der Waals surface area contributed by atoms with E-state index >= 15 is 0 Å². The van der Waals surface area contributed by atoms with Gasteiger partial charge in [0.25, 0.3) is 5.91 Å². The summed E-state index contributed by atoms with van der Waals surface area (Å²) in [6.07, 6.45) is 1.41. The predicted molar refractivity (Wildman–Crippen MR) is 121 cm³/mol. The summed E-state index contributed by atoms with van der Waals surface area (Å²) in [4.78, 5) is 12.4. The van der Waals surface area contributed by atoms with Gasteiger partial charge in [0.1, 0.15) is 18.2 Å². The molecule has 0 saturated carbocycles. The van der Waals surface area contributed by atoms with Crippen LogP contribution in [0.4, 0.5) is 5.69 Å². The number of halogens is 3. The molecule has 0 aliphatic carbocycles. The van der Waals surface area contributed by atoms with E-state index in [1.54, 1.807) is 48.5 Å². The molecule has 3 aromatic rings. The third-order valence-electron chi connectivity index (χ3n) is 4.00. The molecule has 0 aromatic heterocycles. The number of nitriles is 1. The second-order valence-corrected chi connectivity index (χ2v) is 7.47. The predicted octanol–water partition coefficient (Wildman–Crippen LogP) is 6.77.